The van der Waals surface area contributed by atoms with Crippen molar-refractivity contribution in [1.82, 2.24) is 15.5 Å². The van der Waals surface area contributed by atoms with Gasteiger partial charge in [-0.1, -0.05) is 60.7 Å². The van der Waals surface area contributed by atoms with Gasteiger partial charge in [-0.25, -0.2) is 4.79 Å². The van der Waals surface area contributed by atoms with Crippen LogP contribution in [0.3, 0.4) is 0 Å². The van der Waals surface area contributed by atoms with Gasteiger partial charge in [-0.05, 0) is 24.0 Å². The molecule has 0 radical (unpaired) electrons. The second kappa shape index (κ2) is 9.04. The molecule has 1 aliphatic rings. The Balaban J connectivity index is 1.37. The van der Waals surface area contributed by atoms with Gasteiger partial charge in [0.05, 0.1) is 6.04 Å². The van der Waals surface area contributed by atoms with E-state index in [9.17, 15) is 9.59 Å². The zero-order valence-corrected chi connectivity index (χ0v) is 14.9. The minimum Gasteiger partial charge on any atom is -0.341 e. The fourth-order valence-electron chi connectivity index (χ4n) is 3.22. The highest BCUT2D eigenvalue weighted by molar-refractivity contribution is 5.81. The van der Waals surface area contributed by atoms with Gasteiger partial charge < -0.3 is 15.5 Å². The second-order valence-corrected chi connectivity index (χ2v) is 6.64. The van der Waals surface area contributed by atoms with E-state index in [0.717, 1.165) is 24.9 Å². The molecule has 0 aliphatic carbocycles. The summed E-state index contributed by atoms with van der Waals surface area (Å²) < 4.78 is 0. The summed E-state index contributed by atoms with van der Waals surface area (Å²) in [5.41, 5.74) is 2.33. The van der Waals surface area contributed by atoms with E-state index in [4.69, 9.17) is 0 Å². The van der Waals surface area contributed by atoms with Crippen molar-refractivity contribution in [2.24, 2.45) is 0 Å². The van der Waals surface area contributed by atoms with E-state index in [1.165, 1.54) is 5.56 Å². The van der Waals surface area contributed by atoms with Crippen molar-refractivity contribution in [3.63, 3.8) is 0 Å². The third-order valence-corrected chi connectivity index (χ3v) is 4.58. The number of carbonyl (C=O) groups is 2. The number of urea groups is 1. The van der Waals surface area contributed by atoms with Crippen LogP contribution in [-0.2, 0) is 17.8 Å². The molecule has 2 aromatic rings. The fourth-order valence-corrected chi connectivity index (χ4v) is 3.22. The van der Waals surface area contributed by atoms with Gasteiger partial charge >= 0.3 is 6.03 Å². The zero-order valence-electron chi connectivity index (χ0n) is 14.9. The van der Waals surface area contributed by atoms with E-state index in [-0.39, 0.29) is 18.0 Å². The number of benzene rings is 2. The molecule has 2 N–H and O–H groups in total. The first-order chi connectivity index (χ1) is 12.7. The topological polar surface area (TPSA) is 61.4 Å². The number of amides is 3. The van der Waals surface area contributed by atoms with E-state index < -0.39 is 0 Å². The molecule has 0 saturated carbocycles. The van der Waals surface area contributed by atoms with Gasteiger partial charge in [0.1, 0.15) is 0 Å². The van der Waals surface area contributed by atoms with Gasteiger partial charge in [0, 0.05) is 26.1 Å². The van der Waals surface area contributed by atoms with Crippen LogP contribution < -0.4 is 10.6 Å². The van der Waals surface area contributed by atoms with Crippen molar-refractivity contribution in [2.75, 3.05) is 13.1 Å². The van der Waals surface area contributed by atoms with Crippen molar-refractivity contribution in [3.05, 3.63) is 71.8 Å². The summed E-state index contributed by atoms with van der Waals surface area (Å²) in [6.07, 6.45) is 2.27. The Hall–Kier alpha value is -2.82. The highest BCUT2D eigenvalue weighted by Crippen LogP contribution is 2.13. The Bertz CT molecular complexity index is 719. The minimum atomic E-state index is -0.224. The van der Waals surface area contributed by atoms with Gasteiger partial charge in [-0.2, -0.15) is 0 Å². The van der Waals surface area contributed by atoms with Gasteiger partial charge in [0.2, 0.25) is 5.91 Å². The number of rotatable bonds is 7. The summed E-state index contributed by atoms with van der Waals surface area (Å²) in [4.78, 5) is 26.0. The molecular weight excluding hydrogens is 326 g/mol. The molecule has 1 heterocycles. The van der Waals surface area contributed by atoms with E-state index in [1.54, 1.807) is 0 Å². The maximum Gasteiger partial charge on any atom is 0.315 e. The molecule has 1 saturated heterocycles. The van der Waals surface area contributed by atoms with Crippen LogP contribution >= 0.6 is 0 Å². The lowest BCUT2D eigenvalue weighted by molar-refractivity contribution is -0.127. The third kappa shape index (κ3) is 5.34. The first-order valence-corrected chi connectivity index (χ1v) is 9.11. The molecule has 3 rings (SSSR count). The fraction of sp³-hybridized carbons (Fsp3) is 0.333. The molecule has 136 valence electrons. The highest BCUT2D eigenvalue weighted by atomic mass is 16.2. The molecule has 26 heavy (non-hydrogen) atoms. The van der Waals surface area contributed by atoms with Crippen molar-refractivity contribution < 1.29 is 9.59 Å². The number of nitrogens with zero attached hydrogens (tertiary/aromatic N) is 1. The van der Waals surface area contributed by atoms with Crippen molar-refractivity contribution >= 4 is 11.9 Å². The molecular formula is C21H25N3O2. The number of hydrogen-bond donors (Lipinski definition) is 2. The molecule has 0 spiro atoms. The number of aryl methyl sites for hydroxylation is 1. The Morgan fingerprint density at radius 2 is 1.65 bits per heavy atom. The average molecular weight is 351 g/mol. The average Bonchev–Trinajstić information content (AvgIpc) is 3.01. The maximum atomic E-state index is 12.1. The molecule has 1 fully saturated rings. The summed E-state index contributed by atoms with van der Waals surface area (Å²) in [5.74, 6) is 0.117. The summed E-state index contributed by atoms with van der Waals surface area (Å²) in [7, 11) is 0. The normalized spacial score (nSPS) is 16.5. The lowest BCUT2D eigenvalue weighted by Crippen LogP contribution is -2.43. The molecule has 5 heteroatoms. The van der Waals surface area contributed by atoms with Crippen molar-refractivity contribution in [1.29, 1.82) is 0 Å². The predicted octanol–water partition coefficient (Wildman–Crippen LogP) is 2.72. The maximum absolute atomic E-state index is 12.1. The van der Waals surface area contributed by atoms with Crippen molar-refractivity contribution in [3.8, 4) is 0 Å². The van der Waals surface area contributed by atoms with E-state index in [0.29, 0.717) is 19.5 Å². The lowest BCUT2D eigenvalue weighted by Gasteiger charge is -2.17. The Morgan fingerprint density at radius 3 is 2.35 bits per heavy atom. The van der Waals surface area contributed by atoms with Crippen LogP contribution in [0.5, 0.6) is 0 Å². The van der Waals surface area contributed by atoms with Crippen LogP contribution in [0, 0.1) is 0 Å². The van der Waals surface area contributed by atoms with Gasteiger partial charge in [-0.3, -0.25) is 4.79 Å². The van der Waals surface area contributed by atoms with Crippen LogP contribution in [-0.4, -0.2) is 36.0 Å². The Kier molecular flexibility index (Phi) is 6.25. The van der Waals surface area contributed by atoms with E-state index in [2.05, 4.69) is 22.8 Å². The summed E-state index contributed by atoms with van der Waals surface area (Å²) >= 11 is 0. The smallest absolute Gasteiger partial charge is 0.315 e. The van der Waals surface area contributed by atoms with Crippen LogP contribution in [0.2, 0.25) is 0 Å². The highest BCUT2D eigenvalue weighted by Gasteiger charge is 2.29. The number of nitrogens with one attached hydrogen (secondary N) is 2. The van der Waals surface area contributed by atoms with Crippen molar-refractivity contribution in [2.45, 2.75) is 31.8 Å². The summed E-state index contributed by atoms with van der Waals surface area (Å²) in [6.45, 7) is 1.80. The number of likely N-dealkylation sites (tertiary alicyclic amines) is 1. The largest absolute Gasteiger partial charge is 0.341 e. The van der Waals surface area contributed by atoms with Gasteiger partial charge in [-0.15, -0.1) is 0 Å². The van der Waals surface area contributed by atoms with Crippen LogP contribution in [0.15, 0.2) is 60.7 Å². The molecule has 0 aromatic heterocycles. The quantitative estimate of drug-likeness (QED) is 0.806. The lowest BCUT2D eigenvalue weighted by atomic mass is 10.1. The van der Waals surface area contributed by atoms with E-state index >= 15 is 0 Å². The number of carbonyl (C=O) groups excluding carboxylic acids is 2. The summed E-state index contributed by atoms with van der Waals surface area (Å²) in [5, 5.41) is 5.75. The van der Waals surface area contributed by atoms with Gasteiger partial charge in [0.15, 0.2) is 0 Å². The molecule has 2 aromatic carbocycles. The van der Waals surface area contributed by atoms with Gasteiger partial charge in [0.25, 0.3) is 0 Å². The standard InChI is InChI=1S/C21H25N3O2/c25-20-14-19(23-21(26)22-15-18-10-5-2-6-11-18)16-24(20)13-7-12-17-8-3-1-4-9-17/h1-6,8-11,19H,7,12-16H2,(H2,22,23,26)/t19-/m0/s1. The van der Waals surface area contributed by atoms with Crippen LogP contribution in [0.4, 0.5) is 4.79 Å². The van der Waals surface area contributed by atoms with Crippen LogP contribution in [0.1, 0.15) is 24.0 Å². The molecule has 3 amide bonds. The molecule has 1 atom stereocenters. The third-order valence-electron chi connectivity index (χ3n) is 4.58. The second-order valence-electron chi connectivity index (χ2n) is 6.64. The SMILES string of the molecule is O=C(NCc1ccccc1)N[C@H]1CC(=O)N(CCCc2ccccc2)C1. The first kappa shape index (κ1) is 18.0. The van der Waals surface area contributed by atoms with Crippen LogP contribution in [0.25, 0.3) is 0 Å². The monoisotopic (exact) mass is 351 g/mol. The molecule has 5 nitrogen and oxygen atoms in total. The zero-order chi connectivity index (χ0) is 18.2. The first-order valence-electron chi connectivity index (χ1n) is 9.11. The Labute approximate surface area is 154 Å². The Morgan fingerprint density at radius 1 is 1.00 bits per heavy atom. The van der Waals surface area contributed by atoms with E-state index in [1.807, 2.05) is 53.4 Å². The summed E-state index contributed by atoms with van der Waals surface area (Å²) in [6, 6.07) is 19.7. The molecule has 0 bridgehead atoms. The number of hydrogen-bond acceptors (Lipinski definition) is 2. The minimum absolute atomic E-state index is 0.116. The predicted molar refractivity (Wildman–Crippen MR) is 102 cm³/mol. The molecule has 0 unspecified atom stereocenters. The molecule has 1 aliphatic heterocycles.